The maximum atomic E-state index is 13.2. The fraction of sp³-hybridized carbons (Fsp3) is 0.316. The number of halogens is 2. The van der Waals surface area contributed by atoms with Crippen LogP contribution >= 0.6 is 24.8 Å². The molecule has 4 aromatic rings. The number of anilines is 6. The van der Waals surface area contributed by atoms with E-state index in [-0.39, 0.29) is 53.9 Å². The standard InChI is InChI=1S/2C19H21N5O2.2ClH.H2O/c2*1-22-9-11-23(12-10-22)13-17(25)24-16-7-3-2-5-14(16)19(26)21-15-6-4-8-20-18(15)24;;;/h2*2-8H,9-13H2,1H3,(H,21,26);2*1H;1H2. The Morgan fingerprint density at radius 1 is 0.564 bits per heavy atom. The second kappa shape index (κ2) is 19.0. The molecule has 0 radical (unpaired) electrons. The molecule has 4 aliphatic heterocycles. The van der Waals surface area contributed by atoms with Gasteiger partial charge >= 0.3 is 0 Å². The number of para-hydroxylation sites is 2. The molecule has 2 aromatic carbocycles. The van der Waals surface area contributed by atoms with E-state index in [1.807, 2.05) is 12.1 Å². The number of likely N-dealkylation sites (N-methyl/N-ethyl adjacent to an activating group) is 2. The molecule has 55 heavy (non-hydrogen) atoms. The molecule has 292 valence electrons. The maximum Gasteiger partial charge on any atom is 0.257 e. The maximum absolute atomic E-state index is 13.2. The lowest BCUT2D eigenvalue weighted by Gasteiger charge is -2.33. The van der Waals surface area contributed by atoms with Crippen molar-refractivity contribution >= 4 is 82.8 Å². The Labute approximate surface area is 332 Å². The number of rotatable bonds is 4. The molecule has 8 rings (SSSR count). The Morgan fingerprint density at radius 2 is 0.927 bits per heavy atom. The predicted octanol–water partition coefficient (Wildman–Crippen LogP) is 3.14. The zero-order valence-electron chi connectivity index (χ0n) is 30.7. The number of fused-ring (bicyclic) bond motifs is 4. The second-order valence-corrected chi connectivity index (χ2v) is 13.3. The first kappa shape index (κ1) is 42.7. The highest BCUT2D eigenvalue weighted by Gasteiger charge is 2.33. The molecule has 6 heterocycles. The van der Waals surface area contributed by atoms with Gasteiger partial charge < -0.3 is 25.9 Å². The van der Waals surface area contributed by atoms with E-state index in [4.69, 9.17) is 0 Å². The lowest BCUT2D eigenvalue weighted by Crippen LogP contribution is -2.48. The van der Waals surface area contributed by atoms with Crippen LogP contribution in [0.5, 0.6) is 0 Å². The number of hydrogen-bond donors (Lipinski definition) is 2. The normalized spacial score (nSPS) is 16.9. The minimum atomic E-state index is -0.232. The van der Waals surface area contributed by atoms with Crippen LogP contribution < -0.4 is 20.4 Å². The van der Waals surface area contributed by atoms with Crippen LogP contribution in [0.2, 0.25) is 0 Å². The van der Waals surface area contributed by atoms with Crippen LogP contribution in [0.4, 0.5) is 34.4 Å². The van der Waals surface area contributed by atoms with Gasteiger partial charge in [0.1, 0.15) is 0 Å². The summed E-state index contributed by atoms with van der Waals surface area (Å²) in [6.07, 6.45) is 3.27. The van der Waals surface area contributed by atoms with Crippen molar-refractivity contribution in [3.05, 3.63) is 96.3 Å². The predicted molar refractivity (Wildman–Crippen MR) is 218 cm³/mol. The molecule has 0 spiro atoms. The van der Waals surface area contributed by atoms with E-state index < -0.39 is 0 Å². The van der Waals surface area contributed by atoms with Crippen LogP contribution in [-0.2, 0) is 9.59 Å². The molecular formula is C38H46Cl2N10O5. The SMILES string of the molecule is CN1CCN(CC(=O)N2c3ccccc3C(=O)Nc3cccnc32)CC1.CN1CCN(CC(=O)N2c3ccccc3C(=O)Nc3cccnc32)CC1.Cl.Cl.O. The van der Waals surface area contributed by atoms with Gasteiger partial charge in [0.25, 0.3) is 11.8 Å². The van der Waals surface area contributed by atoms with Crippen molar-refractivity contribution < 1.29 is 24.7 Å². The van der Waals surface area contributed by atoms with Gasteiger partial charge in [-0.1, -0.05) is 24.3 Å². The van der Waals surface area contributed by atoms with Gasteiger partial charge in [-0.2, -0.15) is 0 Å². The molecule has 0 atom stereocenters. The summed E-state index contributed by atoms with van der Waals surface area (Å²) in [6, 6.07) is 21.3. The number of benzene rings is 2. The quantitative estimate of drug-likeness (QED) is 0.313. The monoisotopic (exact) mass is 792 g/mol. The van der Waals surface area contributed by atoms with E-state index in [0.29, 0.717) is 58.6 Å². The summed E-state index contributed by atoms with van der Waals surface area (Å²) < 4.78 is 0. The number of carbonyl (C=O) groups excluding carboxylic acids is 4. The summed E-state index contributed by atoms with van der Waals surface area (Å²) in [6.45, 7) is 7.77. The van der Waals surface area contributed by atoms with Crippen molar-refractivity contribution in [2.45, 2.75) is 0 Å². The first-order valence-electron chi connectivity index (χ1n) is 17.5. The summed E-state index contributed by atoms with van der Waals surface area (Å²) >= 11 is 0. The van der Waals surface area contributed by atoms with Crippen LogP contribution in [-0.4, -0.2) is 138 Å². The summed E-state index contributed by atoms with van der Waals surface area (Å²) in [7, 11) is 4.17. The minimum Gasteiger partial charge on any atom is -0.412 e. The highest BCUT2D eigenvalue weighted by atomic mass is 35.5. The summed E-state index contributed by atoms with van der Waals surface area (Å²) in [5.41, 5.74) is 3.17. The Morgan fingerprint density at radius 3 is 1.31 bits per heavy atom. The number of piperazine rings is 2. The molecule has 2 saturated heterocycles. The topological polar surface area (TPSA) is 169 Å². The molecule has 15 nitrogen and oxygen atoms in total. The molecular weight excluding hydrogens is 747 g/mol. The number of nitrogens with zero attached hydrogens (tertiary/aromatic N) is 8. The highest BCUT2D eigenvalue weighted by molar-refractivity contribution is 6.18. The lowest BCUT2D eigenvalue weighted by molar-refractivity contribution is -0.120. The van der Waals surface area contributed by atoms with E-state index in [1.54, 1.807) is 82.9 Å². The Balaban J connectivity index is 0.000000232. The van der Waals surface area contributed by atoms with Crippen molar-refractivity contribution in [3.63, 3.8) is 0 Å². The summed E-state index contributed by atoms with van der Waals surface area (Å²) in [4.78, 5) is 72.3. The first-order valence-corrected chi connectivity index (χ1v) is 17.5. The van der Waals surface area contributed by atoms with Gasteiger partial charge in [0.05, 0.1) is 47.0 Å². The van der Waals surface area contributed by atoms with Gasteiger partial charge in [-0.3, -0.25) is 38.8 Å². The highest BCUT2D eigenvalue weighted by Crippen LogP contribution is 2.37. The van der Waals surface area contributed by atoms with Crippen LogP contribution in [0.25, 0.3) is 0 Å². The molecule has 4 N–H and O–H groups in total. The van der Waals surface area contributed by atoms with E-state index in [2.05, 4.69) is 54.3 Å². The number of nitrogens with one attached hydrogen (secondary N) is 2. The number of aromatic nitrogens is 2. The average molecular weight is 794 g/mol. The van der Waals surface area contributed by atoms with E-state index in [1.165, 1.54) is 0 Å². The number of hydrogen-bond acceptors (Lipinski definition) is 10. The molecule has 4 aliphatic rings. The third-order valence-corrected chi connectivity index (χ3v) is 9.68. The smallest absolute Gasteiger partial charge is 0.257 e. The number of pyridine rings is 2. The molecule has 0 saturated carbocycles. The van der Waals surface area contributed by atoms with Crippen LogP contribution in [0.1, 0.15) is 20.7 Å². The molecule has 0 aliphatic carbocycles. The summed E-state index contributed by atoms with van der Waals surface area (Å²) in [5, 5.41) is 5.71. The number of carbonyl (C=O) groups is 4. The van der Waals surface area contributed by atoms with Crippen molar-refractivity contribution in [1.82, 2.24) is 29.6 Å². The van der Waals surface area contributed by atoms with Gasteiger partial charge in [-0.15, -0.1) is 24.8 Å². The molecule has 0 bridgehead atoms. The Bertz CT molecular complexity index is 1850. The second-order valence-electron chi connectivity index (χ2n) is 13.3. The Kier molecular flexibility index (Phi) is 14.8. The van der Waals surface area contributed by atoms with Crippen LogP contribution in [0.3, 0.4) is 0 Å². The molecule has 2 aromatic heterocycles. The van der Waals surface area contributed by atoms with Gasteiger partial charge in [0.2, 0.25) is 11.8 Å². The summed E-state index contributed by atoms with van der Waals surface area (Å²) in [5.74, 6) is 0.293. The molecule has 0 unspecified atom stereocenters. The zero-order chi connectivity index (χ0) is 36.2. The van der Waals surface area contributed by atoms with Crippen molar-refractivity contribution in [2.24, 2.45) is 0 Å². The molecule has 4 amide bonds. The third-order valence-electron chi connectivity index (χ3n) is 9.68. The van der Waals surface area contributed by atoms with Crippen LogP contribution in [0.15, 0.2) is 85.2 Å². The van der Waals surface area contributed by atoms with Crippen molar-refractivity contribution in [3.8, 4) is 0 Å². The van der Waals surface area contributed by atoms with Gasteiger partial charge in [-0.25, -0.2) is 9.97 Å². The lowest BCUT2D eigenvalue weighted by atomic mass is 10.1. The van der Waals surface area contributed by atoms with Gasteiger partial charge in [0.15, 0.2) is 11.6 Å². The zero-order valence-corrected chi connectivity index (χ0v) is 32.3. The van der Waals surface area contributed by atoms with Crippen molar-refractivity contribution in [2.75, 3.05) is 100.0 Å². The molecule has 17 heteroatoms. The average Bonchev–Trinajstić information content (AvgIpc) is 3.37. The van der Waals surface area contributed by atoms with E-state index >= 15 is 0 Å². The van der Waals surface area contributed by atoms with Crippen molar-refractivity contribution in [1.29, 1.82) is 0 Å². The fourth-order valence-electron chi connectivity index (χ4n) is 6.72. The minimum absolute atomic E-state index is 0. The van der Waals surface area contributed by atoms with E-state index in [9.17, 15) is 19.2 Å². The molecule has 2 fully saturated rings. The van der Waals surface area contributed by atoms with Gasteiger partial charge in [-0.05, 0) is 62.6 Å². The number of amides is 4. The first-order chi connectivity index (χ1) is 25.3. The fourth-order valence-corrected chi connectivity index (χ4v) is 6.72. The van der Waals surface area contributed by atoms with Gasteiger partial charge in [0, 0.05) is 64.8 Å². The largest absolute Gasteiger partial charge is 0.412 e. The van der Waals surface area contributed by atoms with Crippen LogP contribution in [0, 0.1) is 0 Å². The Hall–Kier alpha value is -5.00. The third kappa shape index (κ3) is 9.45. The van der Waals surface area contributed by atoms with E-state index in [0.717, 1.165) is 52.4 Å².